The summed E-state index contributed by atoms with van der Waals surface area (Å²) in [6.45, 7) is 5.86. The Labute approximate surface area is 84.7 Å². The molecule has 68 valence electrons. The summed E-state index contributed by atoms with van der Waals surface area (Å²) >= 11 is 2.49. The minimum absolute atomic E-state index is 0.840. The Balaban J connectivity index is 3.52. The van der Waals surface area contributed by atoms with E-state index in [0.717, 1.165) is 11.8 Å². The third-order valence-corrected chi connectivity index (χ3v) is 3.22. The van der Waals surface area contributed by atoms with Crippen LogP contribution in [0.5, 0.6) is 0 Å². The van der Waals surface area contributed by atoms with Gasteiger partial charge < -0.3 is 4.90 Å². The highest BCUT2D eigenvalue weighted by Gasteiger charge is 2.11. The average molecular weight is 269 g/mol. The van der Waals surface area contributed by atoms with Gasteiger partial charge in [-0.05, 0) is 38.9 Å². The van der Waals surface area contributed by atoms with Crippen molar-refractivity contribution >= 4 is 22.6 Å². The van der Waals surface area contributed by atoms with Gasteiger partial charge >= 0.3 is 0 Å². The first-order chi connectivity index (χ1) is 5.07. The maximum atomic E-state index is 2.49. The SMILES string of the molecule is CC(C)C(CI)CCN(C)C. The molecule has 0 amide bonds. The summed E-state index contributed by atoms with van der Waals surface area (Å²) < 4.78 is 1.29. The maximum absolute atomic E-state index is 2.49. The molecule has 0 aliphatic carbocycles. The van der Waals surface area contributed by atoms with Crippen molar-refractivity contribution in [1.29, 1.82) is 0 Å². The van der Waals surface area contributed by atoms with Gasteiger partial charge in [0.1, 0.15) is 0 Å². The predicted molar refractivity (Wildman–Crippen MR) is 60.4 cm³/mol. The number of nitrogens with zero attached hydrogens (tertiary/aromatic N) is 1. The van der Waals surface area contributed by atoms with Crippen molar-refractivity contribution in [2.24, 2.45) is 11.8 Å². The van der Waals surface area contributed by atoms with Crippen LogP contribution in [-0.2, 0) is 0 Å². The van der Waals surface area contributed by atoms with Crippen molar-refractivity contribution in [3.63, 3.8) is 0 Å². The quantitative estimate of drug-likeness (QED) is 0.548. The number of halogens is 1. The molecule has 0 N–H and O–H groups in total. The Morgan fingerprint density at radius 3 is 2.09 bits per heavy atom. The van der Waals surface area contributed by atoms with E-state index in [0.29, 0.717) is 0 Å². The zero-order valence-electron chi connectivity index (χ0n) is 8.10. The van der Waals surface area contributed by atoms with Crippen molar-refractivity contribution in [3.05, 3.63) is 0 Å². The lowest BCUT2D eigenvalue weighted by atomic mass is 9.95. The Hall–Kier alpha value is 0.690. The molecule has 1 nitrogen and oxygen atoms in total. The highest BCUT2D eigenvalue weighted by molar-refractivity contribution is 14.1. The first-order valence-electron chi connectivity index (χ1n) is 4.28. The number of rotatable bonds is 5. The van der Waals surface area contributed by atoms with Crippen molar-refractivity contribution in [3.8, 4) is 0 Å². The number of alkyl halides is 1. The largest absolute Gasteiger partial charge is 0.309 e. The molecule has 0 heterocycles. The van der Waals surface area contributed by atoms with Gasteiger partial charge in [0.05, 0.1) is 0 Å². The van der Waals surface area contributed by atoms with Crippen LogP contribution in [0.4, 0.5) is 0 Å². The van der Waals surface area contributed by atoms with Crippen LogP contribution in [-0.4, -0.2) is 30.0 Å². The molecular formula is C9H20IN. The van der Waals surface area contributed by atoms with Gasteiger partial charge in [-0.1, -0.05) is 36.4 Å². The molecule has 0 aromatic rings. The molecule has 0 rings (SSSR count). The van der Waals surface area contributed by atoms with Crippen molar-refractivity contribution in [1.82, 2.24) is 4.90 Å². The summed E-state index contributed by atoms with van der Waals surface area (Å²) in [5.41, 5.74) is 0. The summed E-state index contributed by atoms with van der Waals surface area (Å²) in [7, 11) is 4.29. The van der Waals surface area contributed by atoms with Gasteiger partial charge in [0, 0.05) is 4.43 Å². The topological polar surface area (TPSA) is 3.24 Å². The van der Waals surface area contributed by atoms with Crippen LogP contribution in [0, 0.1) is 11.8 Å². The Bertz CT molecular complexity index is 91.6. The zero-order valence-corrected chi connectivity index (χ0v) is 10.3. The lowest BCUT2D eigenvalue weighted by molar-refractivity contribution is 0.322. The monoisotopic (exact) mass is 269 g/mol. The molecule has 0 aliphatic rings. The molecule has 1 unspecified atom stereocenters. The zero-order chi connectivity index (χ0) is 8.85. The van der Waals surface area contributed by atoms with Crippen LogP contribution in [0.2, 0.25) is 0 Å². The predicted octanol–water partition coefficient (Wildman–Crippen LogP) is 2.65. The maximum Gasteiger partial charge on any atom is 0.00266 e. The van der Waals surface area contributed by atoms with Crippen LogP contribution in [0.3, 0.4) is 0 Å². The van der Waals surface area contributed by atoms with E-state index in [1.165, 1.54) is 17.4 Å². The van der Waals surface area contributed by atoms with Crippen molar-refractivity contribution in [2.45, 2.75) is 20.3 Å². The highest BCUT2D eigenvalue weighted by atomic mass is 127. The molecule has 0 saturated heterocycles. The molecule has 0 saturated carbocycles. The van der Waals surface area contributed by atoms with Crippen molar-refractivity contribution < 1.29 is 0 Å². The lowest BCUT2D eigenvalue weighted by Crippen LogP contribution is -2.20. The van der Waals surface area contributed by atoms with Crippen LogP contribution in [0.1, 0.15) is 20.3 Å². The smallest absolute Gasteiger partial charge is 0.00266 e. The second-order valence-corrected chi connectivity index (χ2v) is 4.63. The van der Waals surface area contributed by atoms with E-state index < -0.39 is 0 Å². The minimum atomic E-state index is 0.840. The van der Waals surface area contributed by atoms with E-state index in [1.807, 2.05) is 0 Å². The second kappa shape index (κ2) is 6.23. The van der Waals surface area contributed by atoms with Crippen LogP contribution >= 0.6 is 22.6 Å². The van der Waals surface area contributed by atoms with E-state index in [2.05, 4.69) is 55.4 Å². The fraction of sp³-hybridized carbons (Fsp3) is 1.00. The molecule has 0 aromatic carbocycles. The van der Waals surface area contributed by atoms with E-state index in [1.54, 1.807) is 0 Å². The summed E-state index contributed by atoms with van der Waals surface area (Å²) in [5.74, 6) is 1.74. The van der Waals surface area contributed by atoms with Gasteiger partial charge in [-0.2, -0.15) is 0 Å². The summed E-state index contributed by atoms with van der Waals surface area (Å²) in [6.07, 6.45) is 1.34. The summed E-state index contributed by atoms with van der Waals surface area (Å²) in [4.78, 5) is 2.27. The van der Waals surface area contributed by atoms with Crippen molar-refractivity contribution in [2.75, 3.05) is 25.1 Å². The van der Waals surface area contributed by atoms with E-state index in [4.69, 9.17) is 0 Å². The van der Waals surface area contributed by atoms with Crippen LogP contribution < -0.4 is 0 Å². The third-order valence-electron chi connectivity index (χ3n) is 2.09. The summed E-state index contributed by atoms with van der Waals surface area (Å²) in [6, 6.07) is 0. The van der Waals surface area contributed by atoms with Crippen LogP contribution in [0.15, 0.2) is 0 Å². The highest BCUT2D eigenvalue weighted by Crippen LogP contribution is 2.17. The molecule has 0 aliphatic heterocycles. The van der Waals surface area contributed by atoms with E-state index >= 15 is 0 Å². The van der Waals surface area contributed by atoms with Gasteiger partial charge in [0.15, 0.2) is 0 Å². The Morgan fingerprint density at radius 2 is 1.82 bits per heavy atom. The Morgan fingerprint density at radius 1 is 1.27 bits per heavy atom. The molecule has 0 radical (unpaired) electrons. The van der Waals surface area contributed by atoms with E-state index in [9.17, 15) is 0 Å². The van der Waals surface area contributed by atoms with Crippen LogP contribution in [0.25, 0.3) is 0 Å². The molecule has 11 heavy (non-hydrogen) atoms. The minimum Gasteiger partial charge on any atom is -0.309 e. The molecule has 0 spiro atoms. The first-order valence-corrected chi connectivity index (χ1v) is 5.81. The Kier molecular flexibility index (Phi) is 6.62. The normalized spacial score (nSPS) is 14.5. The third kappa shape index (κ3) is 5.91. The number of hydrogen-bond donors (Lipinski definition) is 0. The molecule has 0 bridgehead atoms. The average Bonchev–Trinajstić information content (AvgIpc) is 1.87. The fourth-order valence-electron chi connectivity index (χ4n) is 1.01. The van der Waals surface area contributed by atoms with Gasteiger partial charge in [-0.3, -0.25) is 0 Å². The van der Waals surface area contributed by atoms with Gasteiger partial charge in [0.25, 0.3) is 0 Å². The van der Waals surface area contributed by atoms with Gasteiger partial charge in [-0.25, -0.2) is 0 Å². The second-order valence-electron chi connectivity index (χ2n) is 3.75. The van der Waals surface area contributed by atoms with Gasteiger partial charge in [0.2, 0.25) is 0 Å². The first kappa shape index (κ1) is 11.7. The lowest BCUT2D eigenvalue weighted by Gasteiger charge is -2.20. The number of hydrogen-bond acceptors (Lipinski definition) is 1. The standard InChI is InChI=1S/C9H20IN/c1-8(2)9(7-10)5-6-11(3)4/h8-9H,5-7H2,1-4H3. The van der Waals surface area contributed by atoms with E-state index in [-0.39, 0.29) is 0 Å². The molecule has 2 heteroatoms. The molecule has 1 atom stereocenters. The summed E-state index contributed by atoms with van der Waals surface area (Å²) in [5, 5.41) is 0. The fourth-order valence-corrected chi connectivity index (χ4v) is 2.47. The van der Waals surface area contributed by atoms with Gasteiger partial charge in [-0.15, -0.1) is 0 Å². The molecular weight excluding hydrogens is 249 g/mol. The molecule has 0 fully saturated rings. The molecule has 0 aromatic heterocycles.